The first kappa shape index (κ1) is 7.21. The predicted molar refractivity (Wildman–Crippen MR) is 33.5 cm³/mol. The first-order chi connectivity index (χ1) is 3.81. The topological polar surface area (TPSA) is 29.1 Å². The average Bonchev–Trinajstić information content (AvgIpc) is 1.83. The molecule has 0 atom stereocenters. The van der Waals surface area contributed by atoms with Gasteiger partial charge in [0, 0.05) is 13.5 Å². The lowest BCUT2D eigenvalue weighted by Gasteiger charge is -1.83. The summed E-state index contributed by atoms with van der Waals surface area (Å²) in [7, 11) is 1.76. The zero-order valence-electron chi connectivity index (χ0n) is 5.27. The third kappa shape index (κ3) is 3.40. The van der Waals surface area contributed by atoms with Crippen molar-refractivity contribution in [1.82, 2.24) is 5.32 Å². The van der Waals surface area contributed by atoms with Gasteiger partial charge in [0.15, 0.2) is 5.78 Å². The molecule has 0 spiro atoms. The number of allylic oxidation sites excluding steroid dienone is 1. The fourth-order valence-electron chi connectivity index (χ4n) is 0.294. The van der Waals surface area contributed by atoms with Crippen LogP contribution < -0.4 is 5.32 Å². The van der Waals surface area contributed by atoms with Gasteiger partial charge in [0.25, 0.3) is 0 Å². The summed E-state index contributed by atoms with van der Waals surface area (Å²) in [5.74, 6) is 0.152. The normalized spacial score (nSPS) is 9.75. The molecule has 2 nitrogen and oxygen atoms in total. The zero-order chi connectivity index (χ0) is 6.41. The first-order valence-corrected chi connectivity index (χ1v) is 2.68. The standard InChI is InChI=1S/C6H11NO/c1-3-6(8)4-5-7-2/h4-5,7H,3H2,1-2H3. The highest BCUT2D eigenvalue weighted by Crippen LogP contribution is 1.79. The molecular weight excluding hydrogens is 102 g/mol. The second-order valence-electron chi connectivity index (χ2n) is 1.44. The molecule has 0 amide bonds. The van der Waals surface area contributed by atoms with Gasteiger partial charge >= 0.3 is 0 Å². The van der Waals surface area contributed by atoms with E-state index >= 15 is 0 Å². The SMILES string of the molecule is CCC(=O)C=CNC. The molecule has 0 aliphatic heterocycles. The van der Waals surface area contributed by atoms with Crippen LogP contribution in [0.15, 0.2) is 12.3 Å². The van der Waals surface area contributed by atoms with E-state index in [4.69, 9.17) is 0 Å². The molecule has 0 unspecified atom stereocenters. The van der Waals surface area contributed by atoms with Crippen molar-refractivity contribution in [2.24, 2.45) is 0 Å². The molecule has 0 saturated carbocycles. The van der Waals surface area contributed by atoms with Crippen LogP contribution in [0, 0.1) is 0 Å². The van der Waals surface area contributed by atoms with Gasteiger partial charge in [-0.1, -0.05) is 6.92 Å². The van der Waals surface area contributed by atoms with Crippen LogP contribution in [-0.4, -0.2) is 12.8 Å². The van der Waals surface area contributed by atoms with E-state index in [1.165, 1.54) is 6.08 Å². The van der Waals surface area contributed by atoms with E-state index < -0.39 is 0 Å². The van der Waals surface area contributed by atoms with Crippen molar-refractivity contribution in [3.63, 3.8) is 0 Å². The summed E-state index contributed by atoms with van der Waals surface area (Å²) < 4.78 is 0. The Kier molecular flexibility index (Phi) is 3.94. The van der Waals surface area contributed by atoms with E-state index in [-0.39, 0.29) is 5.78 Å². The maximum Gasteiger partial charge on any atom is 0.156 e. The zero-order valence-corrected chi connectivity index (χ0v) is 5.27. The summed E-state index contributed by atoms with van der Waals surface area (Å²) in [5, 5.41) is 2.73. The van der Waals surface area contributed by atoms with Gasteiger partial charge in [0.05, 0.1) is 0 Å². The smallest absolute Gasteiger partial charge is 0.156 e. The number of rotatable bonds is 3. The van der Waals surface area contributed by atoms with Crippen molar-refractivity contribution >= 4 is 5.78 Å². The molecule has 8 heavy (non-hydrogen) atoms. The average molecular weight is 113 g/mol. The minimum absolute atomic E-state index is 0.152. The van der Waals surface area contributed by atoms with Crippen molar-refractivity contribution in [1.29, 1.82) is 0 Å². The summed E-state index contributed by atoms with van der Waals surface area (Å²) in [6.45, 7) is 1.84. The molecule has 0 heterocycles. The highest BCUT2D eigenvalue weighted by atomic mass is 16.1. The van der Waals surface area contributed by atoms with E-state index in [0.29, 0.717) is 6.42 Å². The molecule has 0 aromatic heterocycles. The van der Waals surface area contributed by atoms with E-state index in [2.05, 4.69) is 5.32 Å². The number of carbonyl (C=O) groups is 1. The molecule has 0 aliphatic rings. The lowest BCUT2D eigenvalue weighted by Crippen LogP contribution is -1.95. The number of hydrogen-bond acceptors (Lipinski definition) is 2. The van der Waals surface area contributed by atoms with E-state index in [1.807, 2.05) is 6.92 Å². The van der Waals surface area contributed by atoms with E-state index in [1.54, 1.807) is 13.2 Å². The molecule has 0 radical (unpaired) electrons. The summed E-state index contributed by atoms with van der Waals surface area (Å²) in [5.41, 5.74) is 0. The molecule has 46 valence electrons. The monoisotopic (exact) mass is 113 g/mol. The molecule has 0 aromatic carbocycles. The van der Waals surface area contributed by atoms with Gasteiger partial charge in [-0.3, -0.25) is 4.79 Å². The Bertz CT molecular complexity index is 96.7. The molecule has 1 N–H and O–H groups in total. The Morgan fingerprint density at radius 1 is 1.75 bits per heavy atom. The van der Waals surface area contributed by atoms with Gasteiger partial charge < -0.3 is 5.32 Å². The number of carbonyl (C=O) groups excluding carboxylic acids is 1. The number of ketones is 1. The summed E-state index contributed by atoms with van der Waals surface area (Å²) in [4.78, 5) is 10.4. The largest absolute Gasteiger partial charge is 0.394 e. The Morgan fingerprint density at radius 3 is 2.75 bits per heavy atom. The van der Waals surface area contributed by atoms with Crippen LogP contribution in [0.25, 0.3) is 0 Å². The molecule has 0 aromatic rings. The van der Waals surface area contributed by atoms with Crippen LogP contribution in [0.5, 0.6) is 0 Å². The van der Waals surface area contributed by atoms with Crippen molar-refractivity contribution < 1.29 is 4.79 Å². The maximum atomic E-state index is 10.4. The predicted octanol–water partition coefficient (Wildman–Crippen LogP) is 0.699. The Labute approximate surface area is 49.6 Å². The second-order valence-corrected chi connectivity index (χ2v) is 1.44. The first-order valence-electron chi connectivity index (χ1n) is 2.68. The third-order valence-electron chi connectivity index (χ3n) is 0.784. The van der Waals surface area contributed by atoms with Crippen LogP contribution in [0.4, 0.5) is 0 Å². The van der Waals surface area contributed by atoms with Gasteiger partial charge in [0.2, 0.25) is 0 Å². The highest BCUT2D eigenvalue weighted by Gasteiger charge is 1.85. The van der Waals surface area contributed by atoms with E-state index in [9.17, 15) is 4.79 Å². The van der Waals surface area contributed by atoms with Gasteiger partial charge in [-0.05, 0) is 12.3 Å². The van der Waals surface area contributed by atoms with Crippen molar-refractivity contribution in [3.8, 4) is 0 Å². The van der Waals surface area contributed by atoms with Crippen LogP contribution >= 0.6 is 0 Å². The highest BCUT2D eigenvalue weighted by molar-refractivity contribution is 5.89. The summed E-state index contributed by atoms with van der Waals surface area (Å²) in [6, 6.07) is 0. The molecule has 0 rings (SSSR count). The Balaban J connectivity index is 3.37. The Morgan fingerprint density at radius 2 is 2.38 bits per heavy atom. The minimum Gasteiger partial charge on any atom is -0.394 e. The number of nitrogens with one attached hydrogen (secondary N) is 1. The minimum atomic E-state index is 0.152. The maximum absolute atomic E-state index is 10.4. The van der Waals surface area contributed by atoms with Crippen LogP contribution in [-0.2, 0) is 4.79 Å². The fourth-order valence-corrected chi connectivity index (χ4v) is 0.294. The van der Waals surface area contributed by atoms with Crippen LogP contribution in [0.1, 0.15) is 13.3 Å². The molecular formula is C6H11NO. The van der Waals surface area contributed by atoms with E-state index in [0.717, 1.165) is 0 Å². The van der Waals surface area contributed by atoms with Gasteiger partial charge in [-0.2, -0.15) is 0 Å². The quantitative estimate of drug-likeness (QED) is 0.546. The summed E-state index contributed by atoms with van der Waals surface area (Å²) in [6.07, 6.45) is 3.74. The second kappa shape index (κ2) is 4.37. The summed E-state index contributed by atoms with van der Waals surface area (Å²) >= 11 is 0. The van der Waals surface area contributed by atoms with Crippen LogP contribution in [0.3, 0.4) is 0 Å². The van der Waals surface area contributed by atoms with Crippen molar-refractivity contribution in [2.45, 2.75) is 13.3 Å². The third-order valence-corrected chi connectivity index (χ3v) is 0.784. The molecule has 0 saturated heterocycles. The molecule has 2 heteroatoms. The number of hydrogen-bond donors (Lipinski definition) is 1. The Hall–Kier alpha value is -0.790. The van der Waals surface area contributed by atoms with Gasteiger partial charge in [-0.15, -0.1) is 0 Å². The lowest BCUT2D eigenvalue weighted by atomic mass is 10.3. The van der Waals surface area contributed by atoms with Crippen molar-refractivity contribution in [3.05, 3.63) is 12.3 Å². The van der Waals surface area contributed by atoms with Gasteiger partial charge in [0.1, 0.15) is 0 Å². The van der Waals surface area contributed by atoms with Gasteiger partial charge in [-0.25, -0.2) is 0 Å². The van der Waals surface area contributed by atoms with Crippen molar-refractivity contribution in [2.75, 3.05) is 7.05 Å². The lowest BCUT2D eigenvalue weighted by molar-refractivity contribution is -0.114. The molecule has 0 fully saturated rings. The molecule has 0 aliphatic carbocycles. The molecule has 0 bridgehead atoms. The fraction of sp³-hybridized carbons (Fsp3) is 0.500. The van der Waals surface area contributed by atoms with Crippen LogP contribution in [0.2, 0.25) is 0 Å².